The molecule has 0 atom stereocenters. The molecule has 7 heteroatoms. The predicted molar refractivity (Wildman–Crippen MR) is 136 cm³/mol. The van der Waals surface area contributed by atoms with E-state index in [0.29, 0.717) is 30.0 Å². The maximum absolute atomic E-state index is 13.1. The number of piperidine rings is 1. The van der Waals surface area contributed by atoms with Crippen molar-refractivity contribution in [2.75, 3.05) is 33.9 Å². The van der Waals surface area contributed by atoms with Gasteiger partial charge in [0.05, 0.1) is 25.5 Å². The molecule has 0 bridgehead atoms. The number of nitrogens with one attached hydrogen (secondary N) is 1. The zero-order valence-corrected chi connectivity index (χ0v) is 20.8. The molecule has 1 aromatic carbocycles. The maximum Gasteiger partial charge on any atom is 0.253 e. The number of ether oxygens (including phenoxy) is 2. The molecule has 0 spiro atoms. The summed E-state index contributed by atoms with van der Waals surface area (Å²) in [7, 11) is 3.24. The molecule has 35 heavy (non-hydrogen) atoms. The van der Waals surface area contributed by atoms with Crippen LogP contribution >= 0.6 is 0 Å². The summed E-state index contributed by atoms with van der Waals surface area (Å²) in [5.74, 6) is 1.61. The third kappa shape index (κ3) is 6.36. The van der Waals surface area contributed by atoms with E-state index >= 15 is 0 Å². The fourth-order valence-corrected chi connectivity index (χ4v) is 4.65. The third-order valence-corrected chi connectivity index (χ3v) is 6.56. The highest BCUT2D eigenvalue weighted by molar-refractivity contribution is 5.95. The van der Waals surface area contributed by atoms with Gasteiger partial charge in [-0.05, 0) is 80.7 Å². The molecule has 2 aromatic heterocycles. The Bertz CT molecular complexity index is 1130. The maximum atomic E-state index is 13.1. The van der Waals surface area contributed by atoms with E-state index in [1.54, 1.807) is 20.4 Å². The largest absolute Gasteiger partial charge is 0.493 e. The SMILES string of the molecule is COc1ccc(CCNC(=O)c2ccc(C)nc2C2CCN(Cc3cccnc3)CC2)cc1OC. The standard InChI is InChI=1S/C28H34N4O3/c1-20-6-8-24(28(33)30-14-10-21-7-9-25(34-2)26(17-21)35-3)27(31-20)23-11-15-32(16-12-23)19-22-5-4-13-29-18-22/h4-9,13,17-18,23H,10-12,14-16,19H2,1-3H3,(H,30,33). The van der Waals surface area contributed by atoms with E-state index in [9.17, 15) is 4.79 Å². The first-order valence-electron chi connectivity index (χ1n) is 12.1. The van der Waals surface area contributed by atoms with Gasteiger partial charge in [-0.2, -0.15) is 0 Å². The van der Waals surface area contributed by atoms with Gasteiger partial charge < -0.3 is 14.8 Å². The van der Waals surface area contributed by atoms with Crippen LogP contribution in [-0.4, -0.2) is 54.6 Å². The average molecular weight is 475 g/mol. The van der Waals surface area contributed by atoms with E-state index in [2.05, 4.69) is 21.3 Å². The Labute approximate surface area is 207 Å². The minimum atomic E-state index is -0.0641. The zero-order valence-electron chi connectivity index (χ0n) is 20.8. The Hall–Kier alpha value is -3.45. The summed E-state index contributed by atoms with van der Waals surface area (Å²) in [6, 6.07) is 13.8. The summed E-state index contributed by atoms with van der Waals surface area (Å²) in [5.41, 5.74) is 4.86. The van der Waals surface area contributed by atoms with Gasteiger partial charge in [-0.3, -0.25) is 19.7 Å². The molecule has 3 aromatic rings. The summed E-state index contributed by atoms with van der Waals surface area (Å²) in [4.78, 5) is 24.6. The Morgan fingerprint density at radius 1 is 1.06 bits per heavy atom. The van der Waals surface area contributed by atoms with E-state index in [4.69, 9.17) is 14.5 Å². The van der Waals surface area contributed by atoms with Crippen LogP contribution in [0.1, 0.15) is 51.6 Å². The monoisotopic (exact) mass is 474 g/mol. The first-order valence-corrected chi connectivity index (χ1v) is 12.1. The lowest BCUT2D eigenvalue weighted by molar-refractivity contribution is 0.0951. The highest BCUT2D eigenvalue weighted by atomic mass is 16.5. The number of nitrogens with zero attached hydrogens (tertiary/aromatic N) is 3. The van der Waals surface area contributed by atoms with Gasteiger partial charge in [0, 0.05) is 37.1 Å². The number of methoxy groups -OCH3 is 2. The number of hydrogen-bond donors (Lipinski definition) is 1. The summed E-state index contributed by atoms with van der Waals surface area (Å²) in [5, 5.41) is 3.09. The highest BCUT2D eigenvalue weighted by Gasteiger charge is 2.26. The Kier molecular flexibility index (Phi) is 8.32. The van der Waals surface area contributed by atoms with Crippen molar-refractivity contribution in [3.63, 3.8) is 0 Å². The molecule has 0 saturated carbocycles. The molecule has 1 N–H and O–H groups in total. The summed E-state index contributed by atoms with van der Waals surface area (Å²) in [6.07, 6.45) is 6.41. The Morgan fingerprint density at radius 3 is 2.57 bits per heavy atom. The number of amides is 1. The van der Waals surface area contributed by atoms with Crippen molar-refractivity contribution in [2.45, 2.75) is 38.6 Å². The van der Waals surface area contributed by atoms with E-state index < -0.39 is 0 Å². The van der Waals surface area contributed by atoms with Crippen LogP contribution < -0.4 is 14.8 Å². The lowest BCUT2D eigenvalue weighted by Crippen LogP contribution is -2.34. The molecule has 184 valence electrons. The number of aryl methyl sites for hydroxylation is 1. The third-order valence-electron chi connectivity index (χ3n) is 6.56. The van der Waals surface area contributed by atoms with Crippen molar-refractivity contribution in [3.05, 3.63) is 82.9 Å². The first-order chi connectivity index (χ1) is 17.1. The number of rotatable bonds is 9. The van der Waals surface area contributed by atoms with E-state index in [1.165, 1.54) is 5.56 Å². The summed E-state index contributed by atoms with van der Waals surface area (Å²) < 4.78 is 10.7. The minimum absolute atomic E-state index is 0.0641. The van der Waals surface area contributed by atoms with Gasteiger partial charge in [0.15, 0.2) is 11.5 Å². The molecule has 1 fully saturated rings. The van der Waals surface area contributed by atoms with Crippen LogP contribution in [0, 0.1) is 6.92 Å². The molecule has 3 heterocycles. The van der Waals surface area contributed by atoms with Crippen LogP contribution in [-0.2, 0) is 13.0 Å². The van der Waals surface area contributed by atoms with Gasteiger partial charge in [0.1, 0.15) is 0 Å². The molecule has 0 radical (unpaired) electrons. The van der Waals surface area contributed by atoms with Crippen LogP contribution in [0.25, 0.3) is 0 Å². The van der Waals surface area contributed by atoms with Gasteiger partial charge in [0.2, 0.25) is 0 Å². The van der Waals surface area contributed by atoms with Crippen LogP contribution in [0.2, 0.25) is 0 Å². The summed E-state index contributed by atoms with van der Waals surface area (Å²) in [6.45, 7) is 5.39. The Morgan fingerprint density at radius 2 is 1.86 bits per heavy atom. The second-order valence-corrected chi connectivity index (χ2v) is 8.99. The molecular weight excluding hydrogens is 440 g/mol. The molecule has 4 rings (SSSR count). The molecule has 1 aliphatic heterocycles. The Balaban J connectivity index is 1.36. The van der Waals surface area contributed by atoms with Crippen molar-refractivity contribution in [2.24, 2.45) is 0 Å². The van der Waals surface area contributed by atoms with Gasteiger partial charge in [-0.15, -0.1) is 0 Å². The molecular formula is C28H34N4O3. The minimum Gasteiger partial charge on any atom is -0.493 e. The van der Waals surface area contributed by atoms with Crippen molar-refractivity contribution in [1.82, 2.24) is 20.2 Å². The zero-order chi connectivity index (χ0) is 24.6. The fraction of sp³-hybridized carbons (Fsp3) is 0.393. The van der Waals surface area contributed by atoms with Crippen LogP contribution in [0.5, 0.6) is 11.5 Å². The van der Waals surface area contributed by atoms with E-state index in [0.717, 1.165) is 49.4 Å². The van der Waals surface area contributed by atoms with Crippen LogP contribution in [0.4, 0.5) is 0 Å². The lowest BCUT2D eigenvalue weighted by Gasteiger charge is -2.32. The number of carbonyl (C=O) groups excluding carboxylic acids is 1. The normalized spacial score (nSPS) is 14.5. The number of aromatic nitrogens is 2. The molecule has 0 unspecified atom stereocenters. The number of carbonyl (C=O) groups is 1. The quantitative estimate of drug-likeness (QED) is 0.502. The van der Waals surface area contributed by atoms with Crippen LogP contribution in [0.3, 0.4) is 0 Å². The van der Waals surface area contributed by atoms with Crippen molar-refractivity contribution < 1.29 is 14.3 Å². The highest BCUT2D eigenvalue weighted by Crippen LogP contribution is 2.30. The molecule has 7 nitrogen and oxygen atoms in total. The fourth-order valence-electron chi connectivity index (χ4n) is 4.65. The van der Waals surface area contributed by atoms with Crippen molar-refractivity contribution >= 4 is 5.91 Å². The number of hydrogen-bond acceptors (Lipinski definition) is 6. The molecule has 1 amide bonds. The number of pyridine rings is 2. The van der Waals surface area contributed by atoms with E-state index in [1.807, 2.05) is 49.5 Å². The van der Waals surface area contributed by atoms with Crippen molar-refractivity contribution in [1.29, 1.82) is 0 Å². The first kappa shape index (κ1) is 24.7. The molecule has 1 saturated heterocycles. The topological polar surface area (TPSA) is 76.6 Å². The second-order valence-electron chi connectivity index (χ2n) is 8.99. The molecule has 1 aliphatic rings. The van der Waals surface area contributed by atoms with Crippen molar-refractivity contribution in [3.8, 4) is 11.5 Å². The lowest BCUT2D eigenvalue weighted by atomic mass is 9.89. The predicted octanol–water partition coefficient (Wildman–Crippen LogP) is 4.15. The number of likely N-dealkylation sites (tertiary alicyclic amines) is 1. The van der Waals surface area contributed by atoms with Gasteiger partial charge in [-0.1, -0.05) is 12.1 Å². The van der Waals surface area contributed by atoms with Gasteiger partial charge in [0.25, 0.3) is 5.91 Å². The van der Waals surface area contributed by atoms with Crippen LogP contribution in [0.15, 0.2) is 54.9 Å². The average Bonchev–Trinajstić information content (AvgIpc) is 2.89. The summed E-state index contributed by atoms with van der Waals surface area (Å²) >= 11 is 0. The number of benzene rings is 1. The van der Waals surface area contributed by atoms with E-state index in [-0.39, 0.29) is 11.8 Å². The van der Waals surface area contributed by atoms with Gasteiger partial charge >= 0.3 is 0 Å². The van der Waals surface area contributed by atoms with Gasteiger partial charge in [-0.25, -0.2) is 0 Å². The second kappa shape index (κ2) is 11.8. The smallest absolute Gasteiger partial charge is 0.253 e. The molecule has 0 aliphatic carbocycles.